The maximum atomic E-state index is 12.0. The standard InChI is InChI=1S/C17H32N2O/c1-2-3-6-11-19-12-9-16(10-13-19)18-17(20)14-15-7-4-5-8-15/h15-16H,2-14H2,1H3,(H,18,20). The Morgan fingerprint density at radius 1 is 1.10 bits per heavy atom. The summed E-state index contributed by atoms with van der Waals surface area (Å²) in [6, 6.07) is 0.436. The molecule has 3 heteroatoms. The third kappa shape index (κ3) is 5.43. The van der Waals surface area contributed by atoms with Crippen molar-refractivity contribution in [3.8, 4) is 0 Å². The zero-order chi connectivity index (χ0) is 14.2. The summed E-state index contributed by atoms with van der Waals surface area (Å²) in [5, 5.41) is 3.27. The Bertz CT molecular complexity index is 279. The molecule has 2 rings (SSSR count). The highest BCUT2D eigenvalue weighted by Crippen LogP contribution is 2.27. The molecule has 0 radical (unpaired) electrons. The van der Waals surface area contributed by atoms with E-state index in [0.717, 1.165) is 32.4 Å². The number of piperidine rings is 1. The topological polar surface area (TPSA) is 32.3 Å². The highest BCUT2D eigenvalue weighted by atomic mass is 16.1. The molecule has 20 heavy (non-hydrogen) atoms. The number of carbonyl (C=O) groups excluding carboxylic acids is 1. The quantitative estimate of drug-likeness (QED) is 0.725. The molecule has 1 saturated carbocycles. The van der Waals surface area contributed by atoms with Gasteiger partial charge in [-0.3, -0.25) is 4.79 Å². The van der Waals surface area contributed by atoms with E-state index >= 15 is 0 Å². The van der Waals surface area contributed by atoms with E-state index in [1.165, 1.54) is 51.5 Å². The van der Waals surface area contributed by atoms with Crippen LogP contribution in [0.4, 0.5) is 0 Å². The molecule has 0 aromatic rings. The molecular weight excluding hydrogens is 248 g/mol. The Hall–Kier alpha value is -0.570. The minimum absolute atomic E-state index is 0.307. The summed E-state index contributed by atoms with van der Waals surface area (Å²) in [7, 11) is 0. The first-order valence-electron chi connectivity index (χ1n) is 8.79. The van der Waals surface area contributed by atoms with E-state index in [1.807, 2.05) is 0 Å². The molecule has 0 aromatic heterocycles. The van der Waals surface area contributed by atoms with Gasteiger partial charge >= 0.3 is 0 Å². The van der Waals surface area contributed by atoms with Crippen molar-refractivity contribution < 1.29 is 4.79 Å². The highest BCUT2D eigenvalue weighted by Gasteiger charge is 2.23. The Balaban J connectivity index is 1.57. The number of hydrogen-bond acceptors (Lipinski definition) is 2. The SMILES string of the molecule is CCCCCN1CCC(NC(=O)CC2CCCC2)CC1. The van der Waals surface area contributed by atoms with Gasteiger partial charge in [-0.15, -0.1) is 0 Å². The summed E-state index contributed by atoms with van der Waals surface area (Å²) < 4.78 is 0. The summed E-state index contributed by atoms with van der Waals surface area (Å²) in [5.41, 5.74) is 0. The lowest BCUT2D eigenvalue weighted by atomic mass is 10.0. The fourth-order valence-corrected chi connectivity index (χ4v) is 3.65. The first kappa shape index (κ1) is 15.8. The largest absolute Gasteiger partial charge is 0.353 e. The van der Waals surface area contributed by atoms with Gasteiger partial charge in [0.05, 0.1) is 0 Å². The third-order valence-corrected chi connectivity index (χ3v) is 4.98. The fraction of sp³-hybridized carbons (Fsp3) is 0.941. The second-order valence-corrected chi connectivity index (χ2v) is 6.75. The second kappa shape index (κ2) is 8.66. The first-order valence-corrected chi connectivity index (χ1v) is 8.79. The number of nitrogens with one attached hydrogen (secondary N) is 1. The molecule has 3 nitrogen and oxygen atoms in total. The van der Waals surface area contributed by atoms with E-state index in [4.69, 9.17) is 0 Å². The van der Waals surface area contributed by atoms with Gasteiger partial charge in [0.1, 0.15) is 0 Å². The van der Waals surface area contributed by atoms with Crippen molar-refractivity contribution in [3.05, 3.63) is 0 Å². The van der Waals surface area contributed by atoms with Gasteiger partial charge < -0.3 is 10.2 Å². The molecule has 116 valence electrons. The van der Waals surface area contributed by atoms with Crippen molar-refractivity contribution in [2.75, 3.05) is 19.6 Å². The maximum absolute atomic E-state index is 12.0. The zero-order valence-corrected chi connectivity index (χ0v) is 13.2. The number of rotatable bonds is 7. The summed E-state index contributed by atoms with van der Waals surface area (Å²) in [6.45, 7) is 5.83. The molecule has 1 heterocycles. The van der Waals surface area contributed by atoms with Gasteiger partial charge in [-0.1, -0.05) is 32.6 Å². The molecule has 1 aliphatic carbocycles. The van der Waals surface area contributed by atoms with Crippen molar-refractivity contribution in [1.82, 2.24) is 10.2 Å². The molecule has 0 aromatic carbocycles. The number of nitrogens with zero attached hydrogens (tertiary/aromatic N) is 1. The van der Waals surface area contributed by atoms with Crippen LogP contribution >= 0.6 is 0 Å². The minimum atomic E-state index is 0.307. The van der Waals surface area contributed by atoms with E-state index < -0.39 is 0 Å². The van der Waals surface area contributed by atoms with Crippen LogP contribution in [0.1, 0.15) is 71.1 Å². The number of likely N-dealkylation sites (tertiary alicyclic amines) is 1. The van der Waals surface area contributed by atoms with Crippen molar-refractivity contribution in [2.45, 2.75) is 77.2 Å². The van der Waals surface area contributed by atoms with Crippen molar-refractivity contribution >= 4 is 5.91 Å². The Morgan fingerprint density at radius 3 is 2.45 bits per heavy atom. The van der Waals surface area contributed by atoms with Gasteiger partial charge in [0.2, 0.25) is 5.91 Å². The molecule has 1 N–H and O–H groups in total. The van der Waals surface area contributed by atoms with Crippen LogP contribution in [0.25, 0.3) is 0 Å². The van der Waals surface area contributed by atoms with Crippen molar-refractivity contribution in [2.24, 2.45) is 5.92 Å². The molecule has 2 aliphatic rings. The van der Waals surface area contributed by atoms with Crippen LogP contribution < -0.4 is 5.32 Å². The summed E-state index contributed by atoms with van der Waals surface area (Å²) >= 11 is 0. The van der Waals surface area contributed by atoms with Crippen LogP contribution in [0.15, 0.2) is 0 Å². The lowest BCUT2D eigenvalue weighted by Crippen LogP contribution is -2.45. The van der Waals surface area contributed by atoms with Gasteiger partial charge in [-0.05, 0) is 44.6 Å². The normalized spacial score (nSPS) is 22.2. The average molecular weight is 280 g/mol. The van der Waals surface area contributed by atoms with E-state index in [-0.39, 0.29) is 0 Å². The molecule has 0 atom stereocenters. The van der Waals surface area contributed by atoms with E-state index in [0.29, 0.717) is 17.9 Å². The molecule has 2 fully saturated rings. The maximum Gasteiger partial charge on any atom is 0.220 e. The highest BCUT2D eigenvalue weighted by molar-refractivity contribution is 5.76. The molecule has 1 saturated heterocycles. The second-order valence-electron chi connectivity index (χ2n) is 6.75. The molecule has 1 amide bonds. The van der Waals surface area contributed by atoms with Crippen LogP contribution in [-0.2, 0) is 4.79 Å². The number of carbonyl (C=O) groups is 1. The Kier molecular flexibility index (Phi) is 6.85. The van der Waals surface area contributed by atoms with Crippen LogP contribution in [0.3, 0.4) is 0 Å². The third-order valence-electron chi connectivity index (χ3n) is 4.98. The van der Waals surface area contributed by atoms with Gasteiger partial charge in [0.15, 0.2) is 0 Å². The van der Waals surface area contributed by atoms with Gasteiger partial charge in [0.25, 0.3) is 0 Å². The number of amides is 1. The van der Waals surface area contributed by atoms with Gasteiger partial charge in [-0.2, -0.15) is 0 Å². The summed E-state index contributed by atoms with van der Waals surface area (Å²) in [6.07, 6.45) is 12.2. The Labute approximate surface area is 124 Å². The fourth-order valence-electron chi connectivity index (χ4n) is 3.65. The van der Waals surface area contributed by atoms with Crippen molar-refractivity contribution in [3.63, 3.8) is 0 Å². The molecule has 0 bridgehead atoms. The predicted molar refractivity (Wildman–Crippen MR) is 83.7 cm³/mol. The zero-order valence-electron chi connectivity index (χ0n) is 13.2. The lowest BCUT2D eigenvalue weighted by molar-refractivity contribution is -0.123. The summed E-state index contributed by atoms with van der Waals surface area (Å²) in [5.74, 6) is 0.977. The van der Waals surface area contributed by atoms with Crippen LogP contribution in [0, 0.1) is 5.92 Å². The molecule has 0 spiro atoms. The van der Waals surface area contributed by atoms with Crippen molar-refractivity contribution in [1.29, 1.82) is 0 Å². The first-order chi connectivity index (χ1) is 9.78. The van der Waals surface area contributed by atoms with E-state index in [2.05, 4.69) is 17.1 Å². The Morgan fingerprint density at radius 2 is 1.80 bits per heavy atom. The molecular formula is C17H32N2O. The number of hydrogen-bond donors (Lipinski definition) is 1. The summed E-state index contributed by atoms with van der Waals surface area (Å²) in [4.78, 5) is 14.6. The van der Waals surface area contributed by atoms with Crippen LogP contribution in [0.2, 0.25) is 0 Å². The molecule has 1 aliphatic heterocycles. The van der Waals surface area contributed by atoms with Gasteiger partial charge in [-0.25, -0.2) is 0 Å². The van der Waals surface area contributed by atoms with E-state index in [1.54, 1.807) is 0 Å². The predicted octanol–water partition coefficient (Wildman–Crippen LogP) is 3.34. The minimum Gasteiger partial charge on any atom is -0.353 e. The van der Waals surface area contributed by atoms with Crippen LogP contribution in [0.5, 0.6) is 0 Å². The molecule has 0 unspecified atom stereocenters. The average Bonchev–Trinajstić information content (AvgIpc) is 2.94. The van der Waals surface area contributed by atoms with Gasteiger partial charge in [0, 0.05) is 25.6 Å². The van der Waals surface area contributed by atoms with Crippen LogP contribution in [-0.4, -0.2) is 36.5 Å². The number of unbranched alkanes of at least 4 members (excludes halogenated alkanes) is 2. The smallest absolute Gasteiger partial charge is 0.220 e. The lowest BCUT2D eigenvalue weighted by Gasteiger charge is -2.32. The monoisotopic (exact) mass is 280 g/mol. The van der Waals surface area contributed by atoms with E-state index in [9.17, 15) is 4.79 Å².